The van der Waals surface area contributed by atoms with Crippen LogP contribution in [-0.2, 0) is 4.79 Å². The standard InChI is InChI=1S/C29H28F2N6O/c1-3-26(38)35-25-9-5-7-21(27(25)31)22-8-4-6-18-16-32-29(36-28(18)22)34-20-12-10-19(11-13-20)33-24-14-15-37(2)17-23(24)30/h3-13,16,23-24,33H,1,14-15,17H2,2H3,(H,35,38)(H,32,34,36). The Morgan fingerprint density at radius 3 is 2.58 bits per heavy atom. The Morgan fingerprint density at radius 2 is 1.82 bits per heavy atom. The fraction of sp³-hybridized carbons (Fsp3) is 0.207. The number of alkyl halides is 1. The molecule has 2 atom stereocenters. The highest BCUT2D eigenvalue weighted by Gasteiger charge is 2.27. The Morgan fingerprint density at radius 1 is 1.08 bits per heavy atom. The van der Waals surface area contributed by atoms with Gasteiger partial charge in [-0.15, -0.1) is 0 Å². The van der Waals surface area contributed by atoms with Crippen LogP contribution in [0.1, 0.15) is 6.42 Å². The van der Waals surface area contributed by atoms with Crippen LogP contribution in [0, 0.1) is 5.82 Å². The van der Waals surface area contributed by atoms with Crippen molar-refractivity contribution in [2.24, 2.45) is 0 Å². The molecule has 1 fully saturated rings. The number of halogens is 2. The molecule has 4 aromatic rings. The Balaban J connectivity index is 1.37. The molecule has 9 heteroatoms. The van der Waals surface area contributed by atoms with E-state index in [-0.39, 0.29) is 11.7 Å². The van der Waals surface area contributed by atoms with Crippen molar-refractivity contribution in [2.45, 2.75) is 18.6 Å². The van der Waals surface area contributed by atoms with Gasteiger partial charge in [0.15, 0.2) is 5.82 Å². The first-order valence-electron chi connectivity index (χ1n) is 12.4. The van der Waals surface area contributed by atoms with Crippen molar-refractivity contribution in [3.05, 3.63) is 85.3 Å². The SMILES string of the molecule is C=CC(=O)Nc1cccc(-c2cccc3cnc(Nc4ccc(NC5CCN(C)CC5F)cc4)nc23)c1F. The molecule has 1 aliphatic heterocycles. The number of carbonyl (C=O) groups is 1. The summed E-state index contributed by atoms with van der Waals surface area (Å²) in [6.45, 7) is 4.69. The van der Waals surface area contributed by atoms with E-state index in [0.29, 0.717) is 29.1 Å². The normalized spacial score (nSPS) is 17.7. The molecule has 0 saturated carbocycles. The molecule has 3 aromatic carbocycles. The van der Waals surface area contributed by atoms with E-state index < -0.39 is 17.9 Å². The average molecular weight is 515 g/mol. The summed E-state index contributed by atoms with van der Waals surface area (Å²) in [7, 11) is 1.93. The van der Waals surface area contributed by atoms with Crippen molar-refractivity contribution in [3.8, 4) is 11.1 Å². The van der Waals surface area contributed by atoms with E-state index in [1.807, 2.05) is 42.3 Å². The topological polar surface area (TPSA) is 82.2 Å². The van der Waals surface area contributed by atoms with Crippen LogP contribution in [0.25, 0.3) is 22.0 Å². The lowest BCUT2D eigenvalue weighted by Crippen LogP contribution is -2.46. The van der Waals surface area contributed by atoms with Crippen LogP contribution in [0.15, 0.2) is 79.5 Å². The van der Waals surface area contributed by atoms with Crippen LogP contribution in [0.5, 0.6) is 0 Å². The molecule has 1 aliphatic rings. The molecule has 0 bridgehead atoms. The predicted octanol–water partition coefficient (Wildman–Crippen LogP) is 5.76. The number of nitrogens with zero attached hydrogens (tertiary/aromatic N) is 3. The number of piperidine rings is 1. The predicted molar refractivity (Wildman–Crippen MR) is 148 cm³/mol. The minimum absolute atomic E-state index is 0.0600. The average Bonchev–Trinajstić information content (AvgIpc) is 2.92. The van der Waals surface area contributed by atoms with Gasteiger partial charge in [0.25, 0.3) is 0 Å². The van der Waals surface area contributed by atoms with Crippen molar-refractivity contribution >= 4 is 39.8 Å². The molecule has 0 spiro atoms. The molecule has 1 amide bonds. The highest BCUT2D eigenvalue weighted by atomic mass is 19.1. The molecule has 0 radical (unpaired) electrons. The second kappa shape index (κ2) is 10.9. The Bertz CT molecular complexity index is 1480. The highest BCUT2D eigenvalue weighted by Crippen LogP contribution is 2.33. The zero-order chi connectivity index (χ0) is 26.6. The van der Waals surface area contributed by atoms with Crippen LogP contribution in [-0.4, -0.2) is 53.1 Å². The number of rotatable bonds is 7. The van der Waals surface area contributed by atoms with E-state index in [4.69, 9.17) is 0 Å². The summed E-state index contributed by atoms with van der Waals surface area (Å²) in [4.78, 5) is 22.8. The fourth-order valence-corrected chi connectivity index (χ4v) is 4.57. The molecule has 5 rings (SSSR count). The van der Waals surface area contributed by atoms with Crippen LogP contribution >= 0.6 is 0 Å². The molecule has 1 aromatic heterocycles. The molecule has 0 aliphatic carbocycles. The van der Waals surface area contributed by atoms with Crippen LogP contribution < -0.4 is 16.0 Å². The number of nitrogens with one attached hydrogen (secondary N) is 3. The lowest BCUT2D eigenvalue weighted by molar-refractivity contribution is -0.111. The molecule has 3 N–H and O–H groups in total. The molecule has 2 heterocycles. The van der Waals surface area contributed by atoms with E-state index in [1.54, 1.807) is 30.5 Å². The molecule has 194 valence electrons. The van der Waals surface area contributed by atoms with Gasteiger partial charge in [-0.25, -0.2) is 18.7 Å². The summed E-state index contributed by atoms with van der Waals surface area (Å²) >= 11 is 0. The van der Waals surface area contributed by atoms with E-state index in [1.165, 1.54) is 6.07 Å². The number of hydrogen-bond acceptors (Lipinski definition) is 6. The molecular weight excluding hydrogens is 486 g/mol. The second-order valence-corrected chi connectivity index (χ2v) is 9.32. The Hall–Kier alpha value is -4.37. The van der Waals surface area contributed by atoms with E-state index in [9.17, 15) is 9.18 Å². The summed E-state index contributed by atoms with van der Waals surface area (Å²) < 4.78 is 29.7. The maximum Gasteiger partial charge on any atom is 0.247 e. The zero-order valence-corrected chi connectivity index (χ0v) is 20.9. The van der Waals surface area contributed by atoms with Gasteiger partial charge >= 0.3 is 0 Å². The zero-order valence-electron chi connectivity index (χ0n) is 20.9. The Labute approximate surface area is 219 Å². The van der Waals surface area contributed by atoms with Crippen LogP contribution in [0.2, 0.25) is 0 Å². The molecule has 1 saturated heterocycles. The number of amides is 1. The lowest BCUT2D eigenvalue weighted by atomic mass is 10.0. The highest BCUT2D eigenvalue weighted by molar-refractivity contribution is 6.00. The summed E-state index contributed by atoms with van der Waals surface area (Å²) in [5.74, 6) is -0.710. The van der Waals surface area contributed by atoms with E-state index >= 15 is 4.39 Å². The van der Waals surface area contributed by atoms with Crippen molar-refractivity contribution < 1.29 is 13.6 Å². The number of likely N-dealkylation sites (tertiary alicyclic amines) is 1. The van der Waals surface area contributed by atoms with Gasteiger partial charge in [0.1, 0.15) is 6.17 Å². The first kappa shape index (κ1) is 25.3. The van der Waals surface area contributed by atoms with Gasteiger partial charge in [-0.05, 0) is 49.9 Å². The van der Waals surface area contributed by atoms with Crippen LogP contribution in [0.4, 0.5) is 31.8 Å². The first-order valence-corrected chi connectivity index (χ1v) is 12.4. The minimum atomic E-state index is -0.921. The van der Waals surface area contributed by atoms with Gasteiger partial charge in [0.05, 0.1) is 17.2 Å². The monoisotopic (exact) mass is 514 g/mol. The van der Waals surface area contributed by atoms with E-state index in [0.717, 1.165) is 35.8 Å². The number of anilines is 4. The molecular formula is C29H28F2N6O. The molecule has 38 heavy (non-hydrogen) atoms. The third-order valence-corrected chi connectivity index (χ3v) is 6.58. The number of benzene rings is 3. The third-order valence-electron chi connectivity index (χ3n) is 6.58. The number of carbonyl (C=O) groups excluding carboxylic acids is 1. The van der Waals surface area contributed by atoms with Gasteiger partial charge in [-0.3, -0.25) is 4.79 Å². The molecule has 7 nitrogen and oxygen atoms in total. The van der Waals surface area contributed by atoms with Crippen molar-refractivity contribution in [3.63, 3.8) is 0 Å². The number of fused-ring (bicyclic) bond motifs is 1. The quantitative estimate of drug-likeness (QED) is 0.272. The minimum Gasteiger partial charge on any atom is -0.379 e. The Kier molecular flexibility index (Phi) is 7.28. The summed E-state index contributed by atoms with van der Waals surface area (Å²) in [6.07, 6.45) is 2.59. The van der Waals surface area contributed by atoms with Gasteiger partial charge in [-0.1, -0.05) is 36.9 Å². The maximum atomic E-state index is 15.3. The van der Waals surface area contributed by atoms with Crippen molar-refractivity contribution in [2.75, 3.05) is 36.1 Å². The second-order valence-electron chi connectivity index (χ2n) is 9.32. The largest absolute Gasteiger partial charge is 0.379 e. The van der Waals surface area contributed by atoms with Gasteiger partial charge in [0.2, 0.25) is 11.9 Å². The smallest absolute Gasteiger partial charge is 0.247 e. The van der Waals surface area contributed by atoms with Crippen molar-refractivity contribution in [1.82, 2.24) is 14.9 Å². The van der Waals surface area contributed by atoms with Crippen molar-refractivity contribution in [1.29, 1.82) is 0 Å². The number of aromatic nitrogens is 2. The number of hydrogen-bond donors (Lipinski definition) is 3. The van der Waals surface area contributed by atoms with Gasteiger partial charge in [-0.2, -0.15) is 0 Å². The number of para-hydroxylation sites is 1. The summed E-state index contributed by atoms with van der Waals surface area (Å²) in [5.41, 5.74) is 3.09. The summed E-state index contributed by atoms with van der Waals surface area (Å²) in [5, 5.41) is 9.71. The summed E-state index contributed by atoms with van der Waals surface area (Å²) in [6, 6.07) is 17.5. The van der Waals surface area contributed by atoms with Gasteiger partial charge < -0.3 is 20.9 Å². The van der Waals surface area contributed by atoms with E-state index in [2.05, 4.69) is 32.5 Å². The fourth-order valence-electron chi connectivity index (χ4n) is 4.57. The maximum absolute atomic E-state index is 15.3. The molecule has 2 unspecified atom stereocenters. The van der Waals surface area contributed by atoms with Gasteiger partial charge in [0, 0.05) is 47.2 Å². The third kappa shape index (κ3) is 5.47. The lowest BCUT2D eigenvalue weighted by Gasteiger charge is -2.33. The van der Waals surface area contributed by atoms with Crippen LogP contribution in [0.3, 0.4) is 0 Å². The first-order chi connectivity index (χ1) is 18.4.